The lowest BCUT2D eigenvalue weighted by Gasteiger charge is -2.12. The van der Waals surface area contributed by atoms with Gasteiger partial charge in [-0.15, -0.1) is 11.3 Å². The van der Waals surface area contributed by atoms with Crippen molar-refractivity contribution in [1.29, 1.82) is 5.26 Å². The van der Waals surface area contributed by atoms with E-state index < -0.39 is 11.9 Å². The standard InChI is InChI=1S/C18H16N2O3S/c19-10-14-12-7-4-8-15(12)24-17(14)20-16(21)9-13(18(22)23)11-5-2-1-3-6-11/h1-3,5-6,13H,4,7-9H2,(H,20,21)(H,22,23). The van der Waals surface area contributed by atoms with Crippen LogP contribution in [-0.4, -0.2) is 17.0 Å². The Balaban J connectivity index is 1.76. The van der Waals surface area contributed by atoms with Crippen LogP contribution in [-0.2, 0) is 22.4 Å². The molecule has 1 heterocycles. The first-order valence-corrected chi connectivity index (χ1v) is 8.54. The first kappa shape index (κ1) is 16.2. The highest BCUT2D eigenvalue weighted by Gasteiger charge is 2.26. The van der Waals surface area contributed by atoms with Gasteiger partial charge in [-0.3, -0.25) is 9.59 Å². The lowest BCUT2D eigenvalue weighted by atomic mass is 9.95. The molecule has 0 radical (unpaired) electrons. The van der Waals surface area contributed by atoms with Crippen LogP contribution in [0.25, 0.3) is 0 Å². The van der Waals surface area contributed by atoms with Crippen LogP contribution in [0.3, 0.4) is 0 Å². The Kier molecular flexibility index (Phi) is 4.63. The Bertz CT molecular complexity index is 821. The zero-order chi connectivity index (χ0) is 17.1. The number of rotatable bonds is 5. The number of aliphatic carboxylic acids is 1. The molecule has 0 saturated heterocycles. The van der Waals surface area contributed by atoms with Crippen LogP contribution < -0.4 is 5.32 Å². The second-order valence-corrected chi connectivity index (χ2v) is 6.83. The summed E-state index contributed by atoms with van der Waals surface area (Å²) in [4.78, 5) is 25.0. The Morgan fingerprint density at radius 3 is 2.71 bits per heavy atom. The fraction of sp³-hybridized carbons (Fsp3) is 0.278. The summed E-state index contributed by atoms with van der Waals surface area (Å²) in [6.07, 6.45) is 2.69. The molecule has 0 saturated carbocycles. The summed E-state index contributed by atoms with van der Waals surface area (Å²) in [7, 11) is 0. The van der Waals surface area contributed by atoms with Crippen molar-refractivity contribution < 1.29 is 14.7 Å². The van der Waals surface area contributed by atoms with Crippen LogP contribution in [0.4, 0.5) is 5.00 Å². The molecule has 2 N–H and O–H groups in total. The summed E-state index contributed by atoms with van der Waals surface area (Å²) >= 11 is 1.43. The largest absolute Gasteiger partial charge is 0.481 e. The van der Waals surface area contributed by atoms with E-state index in [4.69, 9.17) is 0 Å². The van der Waals surface area contributed by atoms with Crippen LogP contribution in [0.15, 0.2) is 30.3 Å². The monoisotopic (exact) mass is 340 g/mol. The van der Waals surface area contributed by atoms with Crippen LogP contribution >= 0.6 is 11.3 Å². The summed E-state index contributed by atoms with van der Waals surface area (Å²) in [5.41, 5.74) is 2.16. The highest BCUT2D eigenvalue weighted by molar-refractivity contribution is 7.16. The van der Waals surface area contributed by atoms with E-state index in [1.807, 2.05) is 0 Å². The number of nitrogens with one attached hydrogen (secondary N) is 1. The molecule has 0 aliphatic heterocycles. The van der Waals surface area contributed by atoms with Gasteiger partial charge in [0.2, 0.25) is 5.91 Å². The molecule has 24 heavy (non-hydrogen) atoms. The number of benzene rings is 1. The molecule has 6 heteroatoms. The average molecular weight is 340 g/mol. The van der Waals surface area contributed by atoms with Crippen molar-refractivity contribution in [3.63, 3.8) is 0 Å². The van der Waals surface area contributed by atoms with Crippen molar-refractivity contribution in [3.05, 3.63) is 51.9 Å². The van der Waals surface area contributed by atoms with Gasteiger partial charge in [-0.2, -0.15) is 5.26 Å². The number of aryl methyl sites for hydroxylation is 1. The van der Waals surface area contributed by atoms with Crippen molar-refractivity contribution in [2.24, 2.45) is 0 Å². The van der Waals surface area contributed by atoms with Crippen molar-refractivity contribution >= 4 is 28.2 Å². The van der Waals surface area contributed by atoms with Crippen LogP contribution in [0, 0.1) is 11.3 Å². The molecule has 1 aromatic carbocycles. The van der Waals surface area contributed by atoms with Crippen molar-refractivity contribution in [2.75, 3.05) is 5.32 Å². The molecule has 0 bridgehead atoms. The Labute approximate surface area is 143 Å². The molecular formula is C18H16N2O3S. The number of thiophene rings is 1. The smallest absolute Gasteiger partial charge is 0.311 e. The van der Waals surface area contributed by atoms with E-state index in [0.29, 0.717) is 16.1 Å². The van der Waals surface area contributed by atoms with Gasteiger partial charge < -0.3 is 10.4 Å². The van der Waals surface area contributed by atoms with Gasteiger partial charge in [-0.1, -0.05) is 30.3 Å². The number of fused-ring (bicyclic) bond motifs is 1. The van der Waals surface area contributed by atoms with Gasteiger partial charge in [0.25, 0.3) is 0 Å². The number of hydrogen-bond donors (Lipinski definition) is 2. The number of hydrogen-bond acceptors (Lipinski definition) is 4. The summed E-state index contributed by atoms with van der Waals surface area (Å²) in [6.45, 7) is 0. The van der Waals surface area contributed by atoms with Crippen molar-refractivity contribution in [3.8, 4) is 6.07 Å². The zero-order valence-electron chi connectivity index (χ0n) is 12.9. The molecule has 2 aromatic rings. The molecule has 1 aromatic heterocycles. The van der Waals surface area contributed by atoms with E-state index in [-0.39, 0.29) is 12.3 Å². The van der Waals surface area contributed by atoms with Gasteiger partial charge in [0.15, 0.2) is 0 Å². The number of amides is 1. The van der Waals surface area contributed by atoms with Crippen LogP contribution in [0.1, 0.15) is 40.3 Å². The van der Waals surface area contributed by atoms with Gasteiger partial charge in [-0.05, 0) is 30.4 Å². The number of carboxylic acids is 1. The van der Waals surface area contributed by atoms with E-state index in [1.165, 1.54) is 11.3 Å². The molecule has 3 rings (SSSR count). The summed E-state index contributed by atoms with van der Waals surface area (Å²) < 4.78 is 0. The maximum atomic E-state index is 12.3. The Morgan fingerprint density at radius 1 is 1.29 bits per heavy atom. The number of nitrogens with zero attached hydrogens (tertiary/aromatic N) is 1. The lowest BCUT2D eigenvalue weighted by Crippen LogP contribution is -2.20. The number of anilines is 1. The topological polar surface area (TPSA) is 90.2 Å². The fourth-order valence-corrected chi connectivity index (χ4v) is 4.26. The normalized spacial score (nSPS) is 13.8. The molecular weight excluding hydrogens is 324 g/mol. The van der Waals surface area contributed by atoms with E-state index in [0.717, 1.165) is 29.7 Å². The third kappa shape index (κ3) is 3.17. The summed E-state index contributed by atoms with van der Waals surface area (Å²) in [6, 6.07) is 10.9. The lowest BCUT2D eigenvalue weighted by molar-refractivity contribution is -0.140. The molecule has 1 amide bonds. The number of carbonyl (C=O) groups excluding carboxylic acids is 1. The maximum Gasteiger partial charge on any atom is 0.311 e. The Hall–Kier alpha value is -2.65. The van der Waals surface area contributed by atoms with Crippen molar-refractivity contribution in [1.82, 2.24) is 0 Å². The first-order valence-electron chi connectivity index (χ1n) is 7.72. The molecule has 1 aliphatic rings. The molecule has 1 atom stereocenters. The zero-order valence-corrected chi connectivity index (χ0v) is 13.7. The highest BCUT2D eigenvalue weighted by atomic mass is 32.1. The van der Waals surface area contributed by atoms with E-state index in [2.05, 4.69) is 11.4 Å². The number of carbonyl (C=O) groups is 2. The number of carboxylic acid groups (broad SMARTS) is 1. The van der Waals surface area contributed by atoms with Gasteiger partial charge in [0.1, 0.15) is 11.1 Å². The predicted molar refractivity (Wildman–Crippen MR) is 91.1 cm³/mol. The maximum absolute atomic E-state index is 12.3. The van der Waals surface area contributed by atoms with Gasteiger partial charge in [-0.25, -0.2) is 0 Å². The minimum Gasteiger partial charge on any atom is -0.481 e. The highest BCUT2D eigenvalue weighted by Crippen LogP contribution is 2.38. The molecule has 0 fully saturated rings. The molecule has 122 valence electrons. The fourth-order valence-electron chi connectivity index (χ4n) is 3.01. The predicted octanol–water partition coefficient (Wildman–Crippen LogP) is 3.31. The minimum atomic E-state index is -1.04. The van der Waals surface area contributed by atoms with E-state index >= 15 is 0 Å². The quantitative estimate of drug-likeness (QED) is 0.874. The SMILES string of the molecule is N#Cc1c(NC(=O)CC(C(=O)O)c2ccccc2)sc2c1CCC2. The third-order valence-corrected chi connectivity index (χ3v) is 5.38. The van der Waals surface area contributed by atoms with E-state index in [1.54, 1.807) is 30.3 Å². The number of nitriles is 1. The first-order chi connectivity index (χ1) is 11.6. The van der Waals surface area contributed by atoms with Crippen molar-refractivity contribution in [2.45, 2.75) is 31.6 Å². The summed E-state index contributed by atoms with van der Waals surface area (Å²) in [5, 5.41) is 22.0. The van der Waals surface area contributed by atoms with Gasteiger partial charge in [0, 0.05) is 11.3 Å². The van der Waals surface area contributed by atoms with Crippen LogP contribution in [0.2, 0.25) is 0 Å². The van der Waals surface area contributed by atoms with Crippen LogP contribution in [0.5, 0.6) is 0 Å². The molecule has 5 nitrogen and oxygen atoms in total. The molecule has 0 spiro atoms. The van der Waals surface area contributed by atoms with Gasteiger partial charge in [0.05, 0.1) is 11.5 Å². The van der Waals surface area contributed by atoms with Gasteiger partial charge >= 0.3 is 5.97 Å². The third-order valence-electron chi connectivity index (χ3n) is 4.18. The molecule has 1 aliphatic carbocycles. The second-order valence-electron chi connectivity index (χ2n) is 5.73. The second kappa shape index (κ2) is 6.85. The molecule has 1 unspecified atom stereocenters. The minimum absolute atomic E-state index is 0.160. The summed E-state index contributed by atoms with van der Waals surface area (Å²) in [5.74, 6) is -2.32. The van der Waals surface area contributed by atoms with E-state index in [9.17, 15) is 20.0 Å². The Morgan fingerprint density at radius 2 is 2.04 bits per heavy atom. The average Bonchev–Trinajstić information content (AvgIpc) is 3.13.